The Labute approximate surface area is 138 Å². The van der Waals surface area contributed by atoms with Crippen LogP contribution in [0, 0.1) is 5.92 Å². The van der Waals surface area contributed by atoms with E-state index in [2.05, 4.69) is 16.0 Å². The maximum atomic E-state index is 12.6. The molecule has 126 valence electrons. The summed E-state index contributed by atoms with van der Waals surface area (Å²) in [5.74, 6) is 0.0159. The van der Waals surface area contributed by atoms with Crippen LogP contribution < -0.4 is 16.0 Å². The fourth-order valence-electron chi connectivity index (χ4n) is 2.79. The van der Waals surface area contributed by atoms with Crippen molar-refractivity contribution in [2.75, 3.05) is 13.1 Å². The van der Waals surface area contributed by atoms with Crippen LogP contribution in [0.3, 0.4) is 0 Å². The molecule has 0 aromatic heterocycles. The minimum absolute atomic E-state index is 0.0944. The molecule has 1 aromatic carbocycles. The van der Waals surface area contributed by atoms with E-state index in [0.717, 1.165) is 24.9 Å². The second kappa shape index (κ2) is 8.67. The van der Waals surface area contributed by atoms with Crippen molar-refractivity contribution >= 4 is 11.8 Å². The van der Waals surface area contributed by atoms with E-state index in [0.29, 0.717) is 19.0 Å². The largest absolute Gasteiger partial charge is 0.352 e. The van der Waals surface area contributed by atoms with E-state index in [1.54, 1.807) is 0 Å². The van der Waals surface area contributed by atoms with Crippen LogP contribution in [0.15, 0.2) is 30.3 Å². The highest BCUT2D eigenvalue weighted by Crippen LogP contribution is 2.14. The molecule has 1 aromatic rings. The van der Waals surface area contributed by atoms with Gasteiger partial charge in [0.25, 0.3) is 0 Å². The molecule has 23 heavy (non-hydrogen) atoms. The van der Waals surface area contributed by atoms with E-state index >= 15 is 0 Å². The summed E-state index contributed by atoms with van der Waals surface area (Å²) in [5, 5.41) is 9.19. The van der Waals surface area contributed by atoms with Crippen molar-refractivity contribution in [1.82, 2.24) is 16.0 Å². The molecule has 5 heteroatoms. The first-order chi connectivity index (χ1) is 11.1. The molecular formula is C18H27N3O2. The van der Waals surface area contributed by atoms with Crippen LogP contribution in [-0.4, -0.2) is 30.9 Å². The van der Waals surface area contributed by atoms with Crippen molar-refractivity contribution in [1.29, 1.82) is 0 Å². The number of amides is 2. The fraction of sp³-hybridized carbons (Fsp3) is 0.556. The smallest absolute Gasteiger partial charge is 0.247 e. The standard InChI is InChI=1S/C18H27N3O2/c1-13(2)11-16(22)21-17(14-7-4-3-5-8-14)18(23)20-12-15-9-6-10-19-15/h3-5,7-8,13,15,17,19H,6,9-12H2,1-2H3,(H,20,23)(H,21,22). The summed E-state index contributed by atoms with van der Waals surface area (Å²) in [6.45, 7) is 5.59. The number of benzene rings is 1. The minimum Gasteiger partial charge on any atom is -0.352 e. The minimum atomic E-state index is -0.635. The van der Waals surface area contributed by atoms with Gasteiger partial charge in [-0.15, -0.1) is 0 Å². The maximum absolute atomic E-state index is 12.6. The zero-order valence-corrected chi connectivity index (χ0v) is 14.0. The molecule has 0 aliphatic carbocycles. The average molecular weight is 317 g/mol. The second-order valence-electron chi connectivity index (χ2n) is 6.55. The number of rotatable bonds is 7. The Morgan fingerprint density at radius 2 is 2.00 bits per heavy atom. The van der Waals surface area contributed by atoms with E-state index in [-0.39, 0.29) is 17.7 Å². The van der Waals surface area contributed by atoms with E-state index in [1.165, 1.54) is 0 Å². The number of carbonyl (C=O) groups is 2. The Kier molecular flexibility index (Phi) is 6.59. The van der Waals surface area contributed by atoms with Gasteiger partial charge in [-0.1, -0.05) is 44.2 Å². The Balaban J connectivity index is 2.00. The summed E-state index contributed by atoms with van der Waals surface area (Å²) in [6.07, 6.45) is 2.64. The summed E-state index contributed by atoms with van der Waals surface area (Å²) in [7, 11) is 0. The third-order valence-corrected chi connectivity index (χ3v) is 3.98. The van der Waals surface area contributed by atoms with E-state index in [1.807, 2.05) is 44.2 Å². The monoisotopic (exact) mass is 317 g/mol. The first kappa shape index (κ1) is 17.5. The van der Waals surface area contributed by atoms with E-state index in [4.69, 9.17) is 0 Å². The Hall–Kier alpha value is -1.88. The van der Waals surface area contributed by atoms with Crippen LogP contribution in [0.1, 0.15) is 44.7 Å². The number of nitrogens with one attached hydrogen (secondary N) is 3. The van der Waals surface area contributed by atoms with Crippen molar-refractivity contribution < 1.29 is 9.59 Å². The van der Waals surface area contributed by atoms with Gasteiger partial charge in [0.2, 0.25) is 11.8 Å². The van der Waals surface area contributed by atoms with Crippen molar-refractivity contribution in [3.63, 3.8) is 0 Å². The molecule has 3 N–H and O–H groups in total. The lowest BCUT2D eigenvalue weighted by atomic mass is 10.0. The van der Waals surface area contributed by atoms with Gasteiger partial charge in [-0.3, -0.25) is 9.59 Å². The fourth-order valence-corrected chi connectivity index (χ4v) is 2.79. The first-order valence-electron chi connectivity index (χ1n) is 8.41. The van der Waals surface area contributed by atoms with Gasteiger partial charge in [0, 0.05) is 19.0 Å². The molecule has 1 saturated heterocycles. The molecule has 1 aliphatic heterocycles. The SMILES string of the molecule is CC(C)CC(=O)NC(C(=O)NCC1CCCN1)c1ccccc1. The van der Waals surface area contributed by atoms with Gasteiger partial charge in [0.15, 0.2) is 0 Å². The third-order valence-electron chi connectivity index (χ3n) is 3.98. The van der Waals surface area contributed by atoms with Crippen LogP contribution >= 0.6 is 0 Å². The normalized spacial score (nSPS) is 18.7. The Bertz CT molecular complexity index is 510. The zero-order chi connectivity index (χ0) is 16.7. The molecule has 5 nitrogen and oxygen atoms in total. The van der Waals surface area contributed by atoms with Crippen LogP contribution in [0.4, 0.5) is 0 Å². The highest BCUT2D eigenvalue weighted by Gasteiger charge is 2.24. The van der Waals surface area contributed by atoms with Crippen molar-refractivity contribution in [3.05, 3.63) is 35.9 Å². The first-order valence-corrected chi connectivity index (χ1v) is 8.41. The quantitative estimate of drug-likeness (QED) is 0.718. The second-order valence-corrected chi connectivity index (χ2v) is 6.55. The summed E-state index contributed by atoms with van der Waals surface area (Å²) in [5.41, 5.74) is 0.807. The van der Waals surface area contributed by atoms with E-state index in [9.17, 15) is 9.59 Å². The zero-order valence-electron chi connectivity index (χ0n) is 14.0. The summed E-state index contributed by atoms with van der Waals surface area (Å²) in [6, 6.07) is 9.09. The van der Waals surface area contributed by atoms with Crippen molar-refractivity contribution in [2.24, 2.45) is 5.92 Å². The van der Waals surface area contributed by atoms with Gasteiger partial charge in [0.05, 0.1) is 0 Å². The molecule has 0 saturated carbocycles. The predicted octanol–water partition coefficient (Wildman–Crippen LogP) is 1.76. The van der Waals surface area contributed by atoms with Gasteiger partial charge < -0.3 is 16.0 Å². The number of carbonyl (C=O) groups excluding carboxylic acids is 2. The number of hydrogen-bond acceptors (Lipinski definition) is 3. The van der Waals surface area contributed by atoms with Gasteiger partial charge in [-0.05, 0) is 30.9 Å². The molecule has 1 heterocycles. The van der Waals surface area contributed by atoms with Crippen molar-refractivity contribution in [2.45, 2.75) is 45.2 Å². The number of hydrogen-bond donors (Lipinski definition) is 3. The van der Waals surface area contributed by atoms with Gasteiger partial charge in [0.1, 0.15) is 6.04 Å². The molecule has 0 bridgehead atoms. The lowest BCUT2D eigenvalue weighted by Gasteiger charge is -2.21. The molecule has 0 spiro atoms. The Morgan fingerprint density at radius 3 is 2.61 bits per heavy atom. The topological polar surface area (TPSA) is 70.2 Å². The highest BCUT2D eigenvalue weighted by molar-refractivity contribution is 5.88. The molecule has 2 atom stereocenters. The maximum Gasteiger partial charge on any atom is 0.247 e. The summed E-state index contributed by atoms with van der Waals surface area (Å²) >= 11 is 0. The third kappa shape index (κ3) is 5.67. The predicted molar refractivity (Wildman–Crippen MR) is 90.8 cm³/mol. The lowest BCUT2D eigenvalue weighted by molar-refractivity contribution is -0.129. The lowest BCUT2D eigenvalue weighted by Crippen LogP contribution is -2.44. The van der Waals surface area contributed by atoms with Crippen molar-refractivity contribution in [3.8, 4) is 0 Å². The molecule has 1 aliphatic rings. The van der Waals surface area contributed by atoms with Gasteiger partial charge in [-0.2, -0.15) is 0 Å². The van der Waals surface area contributed by atoms with Gasteiger partial charge in [-0.25, -0.2) is 0 Å². The van der Waals surface area contributed by atoms with Crippen LogP contribution in [0.2, 0.25) is 0 Å². The molecule has 2 unspecified atom stereocenters. The molecule has 2 rings (SSSR count). The average Bonchev–Trinajstić information content (AvgIpc) is 3.04. The highest BCUT2D eigenvalue weighted by atomic mass is 16.2. The van der Waals surface area contributed by atoms with Crippen LogP contribution in [0.25, 0.3) is 0 Å². The Morgan fingerprint density at radius 1 is 1.26 bits per heavy atom. The van der Waals surface area contributed by atoms with Crippen LogP contribution in [-0.2, 0) is 9.59 Å². The van der Waals surface area contributed by atoms with Gasteiger partial charge >= 0.3 is 0 Å². The van der Waals surface area contributed by atoms with E-state index < -0.39 is 6.04 Å². The summed E-state index contributed by atoms with van der Waals surface area (Å²) < 4.78 is 0. The molecule has 1 fully saturated rings. The van der Waals surface area contributed by atoms with Crippen LogP contribution in [0.5, 0.6) is 0 Å². The molecule has 2 amide bonds. The summed E-state index contributed by atoms with van der Waals surface area (Å²) in [4.78, 5) is 24.7. The molecular weight excluding hydrogens is 290 g/mol. The molecule has 0 radical (unpaired) electrons.